The van der Waals surface area contributed by atoms with Gasteiger partial charge in [0.25, 0.3) is 5.91 Å². The molecule has 0 radical (unpaired) electrons. The van der Waals surface area contributed by atoms with Crippen LogP contribution >= 0.6 is 11.3 Å². The highest BCUT2D eigenvalue weighted by Crippen LogP contribution is 2.38. The maximum atomic E-state index is 13.6. The lowest BCUT2D eigenvalue weighted by Crippen LogP contribution is -2.47. The number of carbonyl (C=O) groups is 2. The summed E-state index contributed by atoms with van der Waals surface area (Å²) in [6.07, 6.45) is 1.60. The summed E-state index contributed by atoms with van der Waals surface area (Å²) in [4.78, 5) is 31.8. The van der Waals surface area contributed by atoms with Crippen LogP contribution in [0, 0.1) is 0 Å². The Labute approximate surface area is 197 Å². The number of rotatable bonds is 6. The van der Waals surface area contributed by atoms with Crippen molar-refractivity contribution in [3.8, 4) is 11.5 Å². The fourth-order valence-electron chi connectivity index (χ4n) is 4.57. The Morgan fingerprint density at radius 2 is 1.91 bits per heavy atom. The maximum Gasteiger partial charge on any atom is 0.254 e. The Kier molecular flexibility index (Phi) is 6.05. The van der Waals surface area contributed by atoms with E-state index in [0.717, 1.165) is 18.4 Å². The van der Waals surface area contributed by atoms with Gasteiger partial charge in [-0.2, -0.15) is 0 Å². The fraction of sp³-hybridized carbons (Fsp3) is 0.308. The second-order valence-electron chi connectivity index (χ2n) is 8.24. The molecule has 6 nitrogen and oxygen atoms in total. The molecule has 0 aliphatic carbocycles. The van der Waals surface area contributed by atoms with Crippen molar-refractivity contribution in [2.24, 2.45) is 0 Å². The minimum atomic E-state index is -0.173. The highest BCUT2D eigenvalue weighted by Gasteiger charge is 2.34. The summed E-state index contributed by atoms with van der Waals surface area (Å²) in [5, 5.41) is 2.10. The van der Waals surface area contributed by atoms with E-state index in [2.05, 4.69) is 23.6 Å². The van der Waals surface area contributed by atoms with Crippen molar-refractivity contribution in [2.45, 2.75) is 25.8 Å². The molecule has 0 saturated carbocycles. The van der Waals surface area contributed by atoms with Crippen molar-refractivity contribution in [1.82, 2.24) is 9.80 Å². The van der Waals surface area contributed by atoms with E-state index in [1.54, 1.807) is 34.4 Å². The third kappa shape index (κ3) is 4.20. The van der Waals surface area contributed by atoms with Crippen molar-refractivity contribution < 1.29 is 19.1 Å². The van der Waals surface area contributed by atoms with Gasteiger partial charge in [0, 0.05) is 23.5 Å². The van der Waals surface area contributed by atoms with Crippen molar-refractivity contribution in [2.75, 3.05) is 26.4 Å². The third-order valence-corrected chi connectivity index (χ3v) is 7.12. The summed E-state index contributed by atoms with van der Waals surface area (Å²) in [6.45, 7) is 3.36. The molecule has 5 rings (SSSR count). The van der Waals surface area contributed by atoms with E-state index in [0.29, 0.717) is 30.2 Å². The van der Waals surface area contributed by atoms with Gasteiger partial charge in [0.15, 0.2) is 11.5 Å². The summed E-state index contributed by atoms with van der Waals surface area (Å²) < 4.78 is 10.8. The Bertz CT molecular complexity index is 1160. The van der Waals surface area contributed by atoms with Crippen LogP contribution in [0.15, 0.2) is 60.0 Å². The van der Waals surface area contributed by atoms with Gasteiger partial charge in [-0.15, -0.1) is 11.3 Å². The highest BCUT2D eigenvalue weighted by molar-refractivity contribution is 7.10. The Morgan fingerprint density at radius 3 is 2.73 bits per heavy atom. The zero-order valence-electron chi connectivity index (χ0n) is 18.5. The van der Waals surface area contributed by atoms with Crippen LogP contribution in [0.3, 0.4) is 0 Å². The lowest BCUT2D eigenvalue weighted by atomic mass is 9.93. The Hall–Kier alpha value is -3.32. The van der Waals surface area contributed by atoms with E-state index in [1.807, 2.05) is 30.0 Å². The van der Waals surface area contributed by atoms with Crippen LogP contribution in [0.1, 0.15) is 45.7 Å². The zero-order valence-corrected chi connectivity index (χ0v) is 19.3. The first-order valence-electron chi connectivity index (χ1n) is 11.3. The van der Waals surface area contributed by atoms with Crippen molar-refractivity contribution in [1.29, 1.82) is 0 Å². The minimum absolute atomic E-state index is 0.0387. The molecule has 0 bridgehead atoms. The number of fused-ring (bicyclic) bond motifs is 2. The van der Waals surface area contributed by atoms with Crippen LogP contribution in [0.5, 0.6) is 11.5 Å². The minimum Gasteiger partial charge on any atom is -0.454 e. The average molecular weight is 463 g/mol. The number of carbonyl (C=O) groups excluding carboxylic acids is 2. The fourth-order valence-corrected chi connectivity index (χ4v) is 5.47. The van der Waals surface area contributed by atoms with Gasteiger partial charge in [-0.3, -0.25) is 9.59 Å². The topological polar surface area (TPSA) is 59.1 Å². The molecular formula is C26H26N2O4S. The molecule has 170 valence electrons. The van der Waals surface area contributed by atoms with Crippen LogP contribution < -0.4 is 9.47 Å². The summed E-state index contributed by atoms with van der Waals surface area (Å²) in [6, 6.07) is 17.3. The lowest BCUT2D eigenvalue weighted by Gasteiger charge is -2.37. The zero-order chi connectivity index (χ0) is 22.8. The van der Waals surface area contributed by atoms with Crippen molar-refractivity contribution in [3.05, 3.63) is 81.5 Å². The molecule has 0 fully saturated rings. The van der Waals surface area contributed by atoms with E-state index >= 15 is 0 Å². The van der Waals surface area contributed by atoms with Gasteiger partial charge in [0.2, 0.25) is 12.7 Å². The SMILES string of the molecule is CCCN(CC(=O)N1CCc2sccc2C1c1ccccc1)C(=O)c1ccc2c(c1)OCO2. The first kappa shape index (κ1) is 21.5. The molecule has 3 aromatic rings. The first-order valence-corrected chi connectivity index (χ1v) is 12.1. The molecule has 2 amide bonds. The smallest absolute Gasteiger partial charge is 0.254 e. The van der Waals surface area contributed by atoms with Gasteiger partial charge in [0.05, 0.1) is 6.04 Å². The molecule has 0 saturated heterocycles. The van der Waals surface area contributed by atoms with Crippen LogP contribution in [0.25, 0.3) is 0 Å². The maximum absolute atomic E-state index is 13.6. The Balaban J connectivity index is 1.39. The molecule has 2 aromatic carbocycles. The normalized spacial score (nSPS) is 16.4. The van der Waals surface area contributed by atoms with E-state index in [4.69, 9.17) is 9.47 Å². The predicted octanol–water partition coefficient (Wildman–Crippen LogP) is 4.50. The number of nitrogens with zero attached hydrogens (tertiary/aromatic N) is 2. The van der Waals surface area contributed by atoms with Crippen molar-refractivity contribution >= 4 is 23.2 Å². The molecule has 2 aliphatic heterocycles. The number of amides is 2. The molecule has 3 heterocycles. The quantitative estimate of drug-likeness (QED) is 0.541. The monoisotopic (exact) mass is 462 g/mol. The largest absolute Gasteiger partial charge is 0.454 e. The average Bonchev–Trinajstić information content (AvgIpc) is 3.52. The van der Waals surface area contributed by atoms with Crippen molar-refractivity contribution in [3.63, 3.8) is 0 Å². The molecule has 1 unspecified atom stereocenters. The second kappa shape index (κ2) is 9.27. The molecule has 0 N–H and O–H groups in total. The molecule has 7 heteroatoms. The number of ether oxygens (including phenoxy) is 2. The van der Waals surface area contributed by atoms with Gasteiger partial charge in [-0.05, 0) is 53.6 Å². The van der Waals surface area contributed by atoms with Crippen LogP contribution in [-0.4, -0.2) is 48.0 Å². The summed E-state index contributed by atoms with van der Waals surface area (Å²) in [7, 11) is 0. The van der Waals surface area contributed by atoms with E-state index < -0.39 is 0 Å². The predicted molar refractivity (Wildman–Crippen MR) is 127 cm³/mol. The second-order valence-corrected chi connectivity index (χ2v) is 9.24. The van der Waals surface area contributed by atoms with Gasteiger partial charge in [0.1, 0.15) is 6.54 Å². The molecule has 2 aliphatic rings. The summed E-state index contributed by atoms with van der Waals surface area (Å²) in [5.41, 5.74) is 2.78. The van der Waals surface area contributed by atoms with Crippen LogP contribution in [0.2, 0.25) is 0 Å². The van der Waals surface area contributed by atoms with Gasteiger partial charge in [-0.25, -0.2) is 0 Å². The van der Waals surface area contributed by atoms with Crippen LogP contribution in [0.4, 0.5) is 0 Å². The van der Waals surface area contributed by atoms with E-state index in [-0.39, 0.29) is 31.2 Å². The summed E-state index contributed by atoms with van der Waals surface area (Å²) in [5.74, 6) is 0.986. The lowest BCUT2D eigenvalue weighted by molar-refractivity contribution is -0.134. The van der Waals surface area contributed by atoms with Gasteiger partial charge >= 0.3 is 0 Å². The highest BCUT2D eigenvalue weighted by atomic mass is 32.1. The molecular weight excluding hydrogens is 436 g/mol. The summed E-state index contributed by atoms with van der Waals surface area (Å²) >= 11 is 1.75. The number of hydrogen-bond donors (Lipinski definition) is 0. The van der Waals surface area contributed by atoms with Crippen LogP contribution in [-0.2, 0) is 11.2 Å². The molecule has 1 aromatic heterocycles. The standard InChI is InChI=1S/C26H26N2O4S/c1-2-12-27(26(30)19-8-9-21-22(15-19)32-17-31-21)16-24(29)28-13-10-23-20(11-14-33-23)25(28)18-6-4-3-5-7-18/h3-9,11,14-15,25H,2,10,12-13,16-17H2,1H3. The molecule has 1 atom stereocenters. The first-order chi connectivity index (χ1) is 16.2. The van der Waals surface area contributed by atoms with E-state index in [1.165, 1.54) is 10.4 Å². The van der Waals surface area contributed by atoms with Gasteiger partial charge < -0.3 is 19.3 Å². The van der Waals surface area contributed by atoms with E-state index in [9.17, 15) is 9.59 Å². The Morgan fingerprint density at radius 1 is 1.09 bits per heavy atom. The number of thiophene rings is 1. The van der Waals surface area contributed by atoms with Gasteiger partial charge in [-0.1, -0.05) is 37.3 Å². The molecule has 33 heavy (non-hydrogen) atoms. The number of benzene rings is 2. The third-order valence-electron chi connectivity index (χ3n) is 6.13. The number of hydrogen-bond acceptors (Lipinski definition) is 5. The molecule has 0 spiro atoms.